The number of rotatable bonds is 4. The van der Waals surface area contributed by atoms with E-state index >= 15 is 0 Å². The maximum absolute atomic E-state index is 12.7. The monoisotopic (exact) mass is 374 g/mol. The van der Waals surface area contributed by atoms with Gasteiger partial charge in [-0.3, -0.25) is 4.79 Å². The second kappa shape index (κ2) is 8.04. The molecule has 1 saturated heterocycles. The minimum absolute atomic E-state index is 0.127. The molecule has 3 aromatic rings. The molecule has 0 atom stereocenters. The molecule has 2 aromatic heterocycles. The van der Waals surface area contributed by atoms with Gasteiger partial charge < -0.3 is 14.7 Å². The average Bonchev–Trinajstić information content (AvgIpc) is 2.79. The first-order valence-electron chi connectivity index (χ1n) is 9.28. The van der Waals surface area contributed by atoms with Crippen molar-refractivity contribution in [3.05, 3.63) is 72.7 Å². The van der Waals surface area contributed by atoms with Crippen LogP contribution in [0.25, 0.3) is 0 Å². The smallest absolute Gasteiger partial charge is 0.261 e. The number of benzene rings is 1. The summed E-state index contributed by atoms with van der Waals surface area (Å²) >= 11 is 0. The fourth-order valence-electron chi connectivity index (χ4n) is 3.23. The second-order valence-electron chi connectivity index (χ2n) is 6.63. The predicted molar refractivity (Wildman–Crippen MR) is 110 cm³/mol. The Bertz CT molecular complexity index is 909. The minimum atomic E-state index is -0.127. The van der Waals surface area contributed by atoms with Gasteiger partial charge in [-0.15, -0.1) is 0 Å². The summed E-state index contributed by atoms with van der Waals surface area (Å²) in [4.78, 5) is 31.9. The van der Waals surface area contributed by atoms with Crippen LogP contribution in [0.2, 0.25) is 0 Å². The summed E-state index contributed by atoms with van der Waals surface area (Å²) in [5, 5.41) is 0. The van der Waals surface area contributed by atoms with Crippen LogP contribution in [0, 0.1) is 0 Å². The Morgan fingerprint density at radius 3 is 2.14 bits per heavy atom. The van der Waals surface area contributed by atoms with Gasteiger partial charge in [0.2, 0.25) is 5.95 Å². The summed E-state index contributed by atoms with van der Waals surface area (Å²) in [6.45, 7) is 3.34. The third kappa shape index (κ3) is 3.78. The van der Waals surface area contributed by atoms with E-state index in [0.29, 0.717) is 11.5 Å². The van der Waals surface area contributed by atoms with Crippen molar-refractivity contribution in [2.45, 2.75) is 0 Å². The highest BCUT2D eigenvalue weighted by Gasteiger charge is 2.21. The van der Waals surface area contributed by atoms with E-state index in [-0.39, 0.29) is 5.91 Å². The first-order valence-corrected chi connectivity index (χ1v) is 9.28. The van der Waals surface area contributed by atoms with Crippen LogP contribution in [0.5, 0.6) is 0 Å². The fraction of sp³-hybridized carbons (Fsp3) is 0.238. The van der Waals surface area contributed by atoms with E-state index < -0.39 is 0 Å². The maximum atomic E-state index is 12.7. The van der Waals surface area contributed by atoms with E-state index in [1.807, 2.05) is 54.7 Å². The lowest BCUT2D eigenvalue weighted by Gasteiger charge is -2.35. The summed E-state index contributed by atoms with van der Waals surface area (Å²) in [7, 11) is 1.75. The number of anilines is 3. The van der Waals surface area contributed by atoms with Crippen molar-refractivity contribution in [2.75, 3.05) is 47.9 Å². The number of nitrogens with zero attached hydrogens (tertiary/aromatic N) is 6. The van der Waals surface area contributed by atoms with E-state index in [1.54, 1.807) is 24.3 Å². The van der Waals surface area contributed by atoms with E-state index in [9.17, 15) is 4.79 Å². The van der Waals surface area contributed by atoms with Crippen LogP contribution >= 0.6 is 0 Å². The molecule has 0 bridgehead atoms. The van der Waals surface area contributed by atoms with E-state index in [0.717, 1.165) is 37.7 Å². The van der Waals surface area contributed by atoms with Gasteiger partial charge in [0.15, 0.2) is 0 Å². The Hall–Kier alpha value is -3.48. The van der Waals surface area contributed by atoms with Crippen LogP contribution in [-0.4, -0.2) is 54.1 Å². The number of hydrogen-bond donors (Lipinski definition) is 0. The van der Waals surface area contributed by atoms with Gasteiger partial charge >= 0.3 is 0 Å². The molecule has 4 rings (SSSR count). The van der Waals surface area contributed by atoms with Gasteiger partial charge in [0.05, 0.1) is 5.56 Å². The predicted octanol–water partition coefficient (Wildman–Crippen LogP) is 2.47. The maximum Gasteiger partial charge on any atom is 0.261 e. The highest BCUT2D eigenvalue weighted by Crippen LogP contribution is 2.17. The Kier molecular flexibility index (Phi) is 5.14. The molecule has 0 N–H and O–H groups in total. The number of amides is 1. The summed E-state index contributed by atoms with van der Waals surface area (Å²) in [5.74, 6) is 1.52. The molecule has 1 fully saturated rings. The van der Waals surface area contributed by atoms with Crippen LogP contribution in [0.15, 0.2) is 67.1 Å². The van der Waals surface area contributed by atoms with Crippen molar-refractivity contribution in [1.82, 2.24) is 15.0 Å². The largest absolute Gasteiger partial charge is 0.353 e. The first-order chi connectivity index (χ1) is 13.7. The number of carbonyl (C=O) groups excluding carboxylic acids is 1. The van der Waals surface area contributed by atoms with Crippen molar-refractivity contribution in [1.29, 1.82) is 0 Å². The molecular formula is C21H22N6O. The Morgan fingerprint density at radius 1 is 0.857 bits per heavy atom. The molecule has 0 aliphatic carbocycles. The fourth-order valence-corrected chi connectivity index (χ4v) is 3.23. The van der Waals surface area contributed by atoms with Crippen molar-refractivity contribution in [3.63, 3.8) is 0 Å². The lowest BCUT2D eigenvalue weighted by molar-refractivity contribution is 0.0992. The standard InChI is InChI=1S/C21H22N6O/c1-25(18-7-3-2-4-8-18)20(28)17-15-23-21(24-16-17)27-13-11-26(12-14-27)19-9-5-6-10-22-19/h2-10,15-16H,11-14H2,1H3. The zero-order chi connectivity index (χ0) is 19.3. The molecule has 7 nitrogen and oxygen atoms in total. The Labute approximate surface area is 164 Å². The molecule has 142 valence electrons. The molecule has 28 heavy (non-hydrogen) atoms. The molecule has 0 spiro atoms. The van der Waals surface area contributed by atoms with Gasteiger partial charge in [0.1, 0.15) is 5.82 Å². The molecule has 0 unspecified atom stereocenters. The summed E-state index contributed by atoms with van der Waals surface area (Å²) in [6.07, 6.45) is 5.03. The van der Waals surface area contributed by atoms with Gasteiger partial charge in [0.25, 0.3) is 5.91 Å². The van der Waals surface area contributed by atoms with Crippen LogP contribution in [0.3, 0.4) is 0 Å². The highest BCUT2D eigenvalue weighted by molar-refractivity contribution is 6.05. The van der Waals surface area contributed by atoms with Gasteiger partial charge in [-0.1, -0.05) is 24.3 Å². The number of hydrogen-bond acceptors (Lipinski definition) is 6. The summed E-state index contributed by atoms with van der Waals surface area (Å²) in [6, 6.07) is 15.5. The van der Waals surface area contributed by atoms with Crippen LogP contribution < -0.4 is 14.7 Å². The van der Waals surface area contributed by atoms with Gasteiger partial charge in [-0.05, 0) is 24.3 Å². The molecular weight excluding hydrogens is 352 g/mol. The quantitative estimate of drug-likeness (QED) is 0.699. The molecule has 0 radical (unpaired) electrons. The number of pyridine rings is 1. The second-order valence-corrected chi connectivity index (χ2v) is 6.63. The first kappa shape index (κ1) is 17.9. The molecule has 1 amide bonds. The van der Waals surface area contributed by atoms with Crippen molar-refractivity contribution in [2.24, 2.45) is 0 Å². The summed E-state index contributed by atoms with van der Waals surface area (Å²) in [5.41, 5.74) is 1.31. The molecule has 1 aliphatic heterocycles. The van der Waals surface area contributed by atoms with Crippen molar-refractivity contribution in [3.8, 4) is 0 Å². The lowest BCUT2D eigenvalue weighted by atomic mass is 10.2. The van der Waals surface area contributed by atoms with E-state index in [1.165, 1.54) is 0 Å². The van der Waals surface area contributed by atoms with E-state index in [4.69, 9.17) is 0 Å². The Morgan fingerprint density at radius 2 is 1.50 bits per heavy atom. The van der Waals surface area contributed by atoms with Gasteiger partial charge in [-0.25, -0.2) is 15.0 Å². The van der Waals surface area contributed by atoms with E-state index in [2.05, 4.69) is 24.8 Å². The van der Waals surface area contributed by atoms with Crippen molar-refractivity contribution < 1.29 is 4.79 Å². The zero-order valence-corrected chi connectivity index (χ0v) is 15.8. The topological polar surface area (TPSA) is 65.5 Å². The van der Waals surface area contributed by atoms with Crippen LogP contribution in [0.1, 0.15) is 10.4 Å². The zero-order valence-electron chi connectivity index (χ0n) is 15.8. The van der Waals surface area contributed by atoms with Gasteiger partial charge in [-0.2, -0.15) is 0 Å². The third-order valence-electron chi connectivity index (χ3n) is 4.87. The number of para-hydroxylation sites is 1. The molecule has 7 heteroatoms. The molecule has 3 heterocycles. The third-order valence-corrected chi connectivity index (χ3v) is 4.87. The minimum Gasteiger partial charge on any atom is -0.353 e. The summed E-state index contributed by atoms with van der Waals surface area (Å²) < 4.78 is 0. The van der Waals surface area contributed by atoms with Crippen molar-refractivity contribution >= 4 is 23.4 Å². The Balaban J connectivity index is 1.39. The number of piperazine rings is 1. The van der Waals surface area contributed by atoms with Crippen LogP contribution in [-0.2, 0) is 0 Å². The normalized spacial score (nSPS) is 14.0. The highest BCUT2D eigenvalue weighted by atomic mass is 16.2. The number of aromatic nitrogens is 3. The lowest BCUT2D eigenvalue weighted by Crippen LogP contribution is -2.47. The number of carbonyl (C=O) groups is 1. The average molecular weight is 374 g/mol. The molecule has 1 aromatic carbocycles. The molecule has 0 saturated carbocycles. The van der Waals surface area contributed by atoms with Gasteiger partial charge in [0, 0.05) is 57.5 Å². The molecule has 1 aliphatic rings. The SMILES string of the molecule is CN(C(=O)c1cnc(N2CCN(c3ccccn3)CC2)nc1)c1ccccc1. The van der Waals surface area contributed by atoms with Crippen LogP contribution in [0.4, 0.5) is 17.5 Å².